The predicted octanol–water partition coefficient (Wildman–Crippen LogP) is 2.73. The second-order valence-corrected chi connectivity index (χ2v) is 5.61. The molecular formula is C17H14O3. The van der Waals surface area contributed by atoms with E-state index >= 15 is 0 Å². The maximum absolute atomic E-state index is 12.6. The lowest BCUT2D eigenvalue weighted by atomic mass is 9.73. The molecule has 3 heteroatoms. The van der Waals surface area contributed by atoms with E-state index in [1.54, 1.807) is 24.3 Å². The molecule has 0 radical (unpaired) electrons. The monoisotopic (exact) mass is 266 g/mol. The molecular weight excluding hydrogens is 252 g/mol. The molecule has 3 nitrogen and oxygen atoms in total. The first-order valence-corrected chi connectivity index (χ1v) is 6.90. The van der Waals surface area contributed by atoms with E-state index in [9.17, 15) is 9.59 Å². The SMILES string of the molecule is C=CCC1CC2=C(C(=O)c3ccccc3C2=O)C2OC12. The van der Waals surface area contributed by atoms with Crippen LogP contribution in [0, 0.1) is 5.92 Å². The molecule has 0 amide bonds. The molecule has 0 saturated carbocycles. The first-order chi connectivity index (χ1) is 9.72. The van der Waals surface area contributed by atoms with E-state index in [0.717, 1.165) is 6.42 Å². The number of ether oxygens (including phenoxy) is 1. The highest BCUT2D eigenvalue weighted by Crippen LogP contribution is 2.49. The molecule has 1 aliphatic heterocycles. The number of Topliss-reactive ketones (excluding diaryl/α,β-unsaturated/α-hetero) is 2. The number of epoxide rings is 1. The Morgan fingerprint density at radius 1 is 1.20 bits per heavy atom. The summed E-state index contributed by atoms with van der Waals surface area (Å²) in [5.41, 5.74) is 2.33. The average Bonchev–Trinajstić information content (AvgIpc) is 3.25. The fraction of sp³-hybridized carbons (Fsp3) is 0.294. The Kier molecular flexibility index (Phi) is 2.36. The Bertz CT molecular complexity index is 683. The summed E-state index contributed by atoms with van der Waals surface area (Å²) in [6, 6.07) is 7.06. The normalized spacial score (nSPS) is 30.5. The number of hydrogen-bond acceptors (Lipinski definition) is 3. The summed E-state index contributed by atoms with van der Waals surface area (Å²) in [5, 5.41) is 0. The molecule has 0 aromatic heterocycles. The van der Waals surface area contributed by atoms with Gasteiger partial charge in [-0.05, 0) is 18.8 Å². The van der Waals surface area contributed by atoms with Gasteiger partial charge in [-0.3, -0.25) is 9.59 Å². The van der Waals surface area contributed by atoms with Gasteiger partial charge >= 0.3 is 0 Å². The van der Waals surface area contributed by atoms with Crippen molar-refractivity contribution in [3.8, 4) is 0 Å². The van der Waals surface area contributed by atoms with Crippen molar-refractivity contribution in [2.75, 3.05) is 0 Å². The van der Waals surface area contributed by atoms with Gasteiger partial charge in [-0.1, -0.05) is 30.3 Å². The lowest BCUT2D eigenvalue weighted by Crippen LogP contribution is -2.31. The van der Waals surface area contributed by atoms with E-state index in [2.05, 4.69) is 6.58 Å². The molecule has 3 aliphatic rings. The molecule has 3 unspecified atom stereocenters. The van der Waals surface area contributed by atoms with E-state index in [0.29, 0.717) is 28.7 Å². The number of benzene rings is 1. The van der Waals surface area contributed by atoms with Crippen LogP contribution < -0.4 is 0 Å². The topological polar surface area (TPSA) is 46.7 Å². The van der Waals surface area contributed by atoms with E-state index in [1.165, 1.54) is 0 Å². The minimum absolute atomic E-state index is 0.00166. The van der Waals surface area contributed by atoms with Gasteiger partial charge in [-0.2, -0.15) is 0 Å². The summed E-state index contributed by atoms with van der Waals surface area (Å²) < 4.78 is 5.67. The van der Waals surface area contributed by atoms with Gasteiger partial charge in [0.05, 0.1) is 6.10 Å². The fourth-order valence-corrected chi connectivity index (χ4v) is 3.47. The molecule has 1 heterocycles. The summed E-state index contributed by atoms with van der Waals surface area (Å²) in [6.45, 7) is 3.76. The summed E-state index contributed by atoms with van der Waals surface area (Å²) in [4.78, 5) is 25.2. The zero-order valence-corrected chi connectivity index (χ0v) is 11.0. The van der Waals surface area contributed by atoms with Gasteiger partial charge in [-0.15, -0.1) is 6.58 Å². The van der Waals surface area contributed by atoms with Gasteiger partial charge < -0.3 is 4.74 Å². The van der Waals surface area contributed by atoms with Crippen LogP contribution in [0.1, 0.15) is 33.6 Å². The van der Waals surface area contributed by atoms with Crippen LogP contribution in [0.25, 0.3) is 0 Å². The van der Waals surface area contributed by atoms with Crippen LogP contribution >= 0.6 is 0 Å². The van der Waals surface area contributed by atoms with Crippen molar-refractivity contribution in [1.29, 1.82) is 0 Å². The van der Waals surface area contributed by atoms with Crippen LogP contribution in [0.2, 0.25) is 0 Å². The second kappa shape index (κ2) is 4.00. The second-order valence-electron chi connectivity index (χ2n) is 5.61. The lowest BCUT2D eigenvalue weighted by Gasteiger charge is -2.26. The number of carbonyl (C=O) groups excluding carboxylic acids is 2. The number of rotatable bonds is 2. The third-order valence-corrected chi connectivity index (χ3v) is 4.47. The van der Waals surface area contributed by atoms with E-state index in [4.69, 9.17) is 4.74 Å². The minimum atomic E-state index is -0.173. The molecule has 4 rings (SSSR count). The molecule has 3 atom stereocenters. The molecule has 1 saturated heterocycles. The molecule has 2 aliphatic carbocycles. The molecule has 1 aromatic rings. The first-order valence-electron chi connectivity index (χ1n) is 6.90. The Labute approximate surface area is 116 Å². The largest absolute Gasteiger partial charge is 0.364 e. The fourth-order valence-electron chi connectivity index (χ4n) is 3.47. The van der Waals surface area contributed by atoms with Crippen LogP contribution in [0.4, 0.5) is 0 Å². The molecule has 1 aromatic carbocycles. The Morgan fingerprint density at radius 3 is 2.60 bits per heavy atom. The van der Waals surface area contributed by atoms with Crippen molar-refractivity contribution in [2.45, 2.75) is 25.0 Å². The molecule has 0 N–H and O–H groups in total. The van der Waals surface area contributed by atoms with Crippen LogP contribution in [-0.2, 0) is 4.74 Å². The molecule has 1 fully saturated rings. The summed E-state index contributed by atoms with van der Waals surface area (Å²) in [6.07, 6.45) is 3.22. The van der Waals surface area contributed by atoms with Crippen LogP contribution in [-0.4, -0.2) is 23.8 Å². The van der Waals surface area contributed by atoms with Crippen molar-refractivity contribution in [3.05, 3.63) is 59.2 Å². The van der Waals surface area contributed by atoms with Gasteiger partial charge in [0.2, 0.25) is 0 Å². The predicted molar refractivity (Wildman–Crippen MR) is 73.7 cm³/mol. The molecule has 100 valence electrons. The van der Waals surface area contributed by atoms with Crippen molar-refractivity contribution in [2.24, 2.45) is 5.92 Å². The van der Waals surface area contributed by atoms with Crippen molar-refractivity contribution in [3.63, 3.8) is 0 Å². The van der Waals surface area contributed by atoms with Gasteiger partial charge in [-0.25, -0.2) is 0 Å². The summed E-state index contributed by atoms with van der Waals surface area (Å²) in [5.74, 6) is 0.247. The van der Waals surface area contributed by atoms with Crippen molar-refractivity contribution < 1.29 is 14.3 Å². The number of hydrogen-bond donors (Lipinski definition) is 0. The lowest BCUT2D eigenvalue weighted by molar-refractivity contribution is 0.0962. The number of carbonyl (C=O) groups is 2. The van der Waals surface area contributed by atoms with E-state index < -0.39 is 0 Å². The van der Waals surface area contributed by atoms with Crippen LogP contribution in [0.15, 0.2) is 48.1 Å². The van der Waals surface area contributed by atoms with Gasteiger partial charge in [0.25, 0.3) is 0 Å². The molecule has 0 spiro atoms. The van der Waals surface area contributed by atoms with Crippen molar-refractivity contribution in [1.82, 2.24) is 0 Å². The zero-order chi connectivity index (χ0) is 13.9. The van der Waals surface area contributed by atoms with E-state index in [1.807, 2.05) is 6.08 Å². The number of ketones is 2. The Hall–Kier alpha value is -2.00. The minimum Gasteiger partial charge on any atom is -0.364 e. The number of fused-ring (bicyclic) bond motifs is 3. The first kappa shape index (κ1) is 11.8. The van der Waals surface area contributed by atoms with Gasteiger partial charge in [0, 0.05) is 22.3 Å². The third kappa shape index (κ3) is 1.44. The highest BCUT2D eigenvalue weighted by Gasteiger charge is 2.55. The van der Waals surface area contributed by atoms with Gasteiger partial charge in [0.15, 0.2) is 11.6 Å². The summed E-state index contributed by atoms with van der Waals surface area (Å²) in [7, 11) is 0. The smallest absolute Gasteiger partial charge is 0.192 e. The zero-order valence-electron chi connectivity index (χ0n) is 11.0. The quantitative estimate of drug-likeness (QED) is 0.611. The molecule has 20 heavy (non-hydrogen) atoms. The van der Waals surface area contributed by atoms with Crippen molar-refractivity contribution >= 4 is 11.6 Å². The number of allylic oxidation sites excluding steroid dienone is 2. The van der Waals surface area contributed by atoms with E-state index in [-0.39, 0.29) is 29.7 Å². The highest BCUT2D eigenvalue weighted by molar-refractivity contribution is 6.27. The Balaban J connectivity index is 1.83. The van der Waals surface area contributed by atoms with Crippen LogP contribution in [0.3, 0.4) is 0 Å². The molecule has 0 bridgehead atoms. The summed E-state index contributed by atoms with van der Waals surface area (Å²) >= 11 is 0. The average molecular weight is 266 g/mol. The van der Waals surface area contributed by atoms with Crippen LogP contribution in [0.5, 0.6) is 0 Å². The Morgan fingerprint density at radius 2 is 1.90 bits per heavy atom. The van der Waals surface area contributed by atoms with Gasteiger partial charge in [0.1, 0.15) is 6.10 Å². The highest BCUT2D eigenvalue weighted by atomic mass is 16.6. The maximum atomic E-state index is 12.6. The third-order valence-electron chi connectivity index (χ3n) is 4.47. The standard InChI is InChI=1S/C17H14O3/c1-2-5-9-8-12-13(17-16(9)20-17)15(19)11-7-4-3-6-10(11)14(12)18/h2-4,6-7,9,16-17H,1,5,8H2. The maximum Gasteiger partial charge on any atom is 0.192 e.